The van der Waals surface area contributed by atoms with E-state index in [1.807, 2.05) is 32.3 Å². The first kappa shape index (κ1) is 16.9. The van der Waals surface area contributed by atoms with Crippen molar-refractivity contribution in [3.05, 3.63) is 52.6 Å². The van der Waals surface area contributed by atoms with E-state index in [0.29, 0.717) is 27.7 Å². The molecule has 1 fully saturated rings. The molecule has 28 heavy (non-hydrogen) atoms. The Morgan fingerprint density at radius 1 is 1.25 bits per heavy atom. The number of rotatable bonds is 2. The number of phenolic OH excluding ortho intramolecular Hbond substituents is 1. The first-order chi connectivity index (χ1) is 13.4. The predicted molar refractivity (Wildman–Crippen MR) is 108 cm³/mol. The van der Waals surface area contributed by atoms with Crippen LogP contribution in [0.1, 0.15) is 24.4 Å². The zero-order chi connectivity index (χ0) is 19.6. The van der Waals surface area contributed by atoms with Crippen molar-refractivity contribution in [1.29, 1.82) is 0 Å². The van der Waals surface area contributed by atoms with Crippen LogP contribution in [0.25, 0.3) is 33.1 Å². The SMILES string of the molecule is Cc1c(O)c(-c2ccc3c(=O)n(C4CC(N)C4)ccc3n2)cc2cn(C)nc12. The van der Waals surface area contributed by atoms with Gasteiger partial charge < -0.3 is 15.4 Å². The van der Waals surface area contributed by atoms with Crippen molar-refractivity contribution in [3.8, 4) is 17.0 Å². The fourth-order valence-corrected chi connectivity index (χ4v) is 4.07. The van der Waals surface area contributed by atoms with Gasteiger partial charge in [0.2, 0.25) is 0 Å². The van der Waals surface area contributed by atoms with Gasteiger partial charge in [-0.3, -0.25) is 9.48 Å². The highest BCUT2D eigenvalue weighted by atomic mass is 16.3. The summed E-state index contributed by atoms with van der Waals surface area (Å²) in [5.74, 6) is 0.162. The number of aryl methyl sites for hydroxylation is 2. The summed E-state index contributed by atoms with van der Waals surface area (Å²) >= 11 is 0. The van der Waals surface area contributed by atoms with E-state index in [1.165, 1.54) is 0 Å². The molecule has 3 N–H and O–H groups in total. The molecular weight excluding hydrogens is 354 g/mol. The van der Waals surface area contributed by atoms with Crippen molar-refractivity contribution < 1.29 is 5.11 Å². The Kier molecular flexibility index (Phi) is 3.57. The molecule has 7 nitrogen and oxygen atoms in total. The summed E-state index contributed by atoms with van der Waals surface area (Å²) in [6.07, 6.45) is 5.37. The van der Waals surface area contributed by atoms with E-state index in [9.17, 15) is 9.90 Å². The monoisotopic (exact) mass is 375 g/mol. The Morgan fingerprint density at radius 3 is 2.79 bits per heavy atom. The number of benzene rings is 1. The van der Waals surface area contributed by atoms with Gasteiger partial charge in [-0.25, -0.2) is 4.98 Å². The zero-order valence-electron chi connectivity index (χ0n) is 15.8. The maximum Gasteiger partial charge on any atom is 0.260 e. The highest BCUT2D eigenvalue weighted by Crippen LogP contribution is 2.36. The Labute approximate surface area is 161 Å². The van der Waals surface area contributed by atoms with Crippen LogP contribution in [-0.4, -0.2) is 30.5 Å². The Balaban J connectivity index is 1.64. The number of fused-ring (bicyclic) bond motifs is 2. The number of hydrogen-bond donors (Lipinski definition) is 2. The van der Waals surface area contributed by atoms with E-state index >= 15 is 0 Å². The third-order valence-corrected chi connectivity index (χ3v) is 5.72. The summed E-state index contributed by atoms with van der Waals surface area (Å²) < 4.78 is 3.49. The van der Waals surface area contributed by atoms with Crippen molar-refractivity contribution in [2.45, 2.75) is 31.8 Å². The summed E-state index contributed by atoms with van der Waals surface area (Å²) in [5, 5.41) is 16.6. The van der Waals surface area contributed by atoms with Crippen molar-refractivity contribution in [1.82, 2.24) is 19.3 Å². The molecule has 1 aromatic carbocycles. The average molecular weight is 375 g/mol. The van der Waals surface area contributed by atoms with E-state index in [1.54, 1.807) is 27.6 Å². The molecule has 3 heterocycles. The molecule has 5 rings (SSSR count). The molecule has 0 bridgehead atoms. The minimum Gasteiger partial charge on any atom is -0.507 e. The lowest BCUT2D eigenvalue weighted by molar-refractivity contribution is 0.262. The van der Waals surface area contributed by atoms with Crippen LogP contribution in [0.4, 0.5) is 0 Å². The van der Waals surface area contributed by atoms with Gasteiger partial charge in [-0.2, -0.15) is 5.10 Å². The second-order valence-corrected chi connectivity index (χ2v) is 7.68. The summed E-state index contributed by atoms with van der Waals surface area (Å²) in [5.41, 5.74) is 9.18. The van der Waals surface area contributed by atoms with Crippen LogP contribution in [0, 0.1) is 6.92 Å². The standard InChI is InChI=1S/C21H21N5O2/c1-11-19-12(10-25(2)24-19)7-16(20(11)27)17-4-3-15-18(23-17)5-6-26(21(15)28)14-8-13(22)9-14/h3-7,10,13-14,27H,8-9,22H2,1-2H3. The normalized spacial score (nSPS) is 19.2. The third kappa shape index (κ3) is 2.43. The predicted octanol–water partition coefficient (Wildman–Crippen LogP) is 2.63. The summed E-state index contributed by atoms with van der Waals surface area (Å²) in [4.78, 5) is 17.5. The lowest BCUT2D eigenvalue weighted by Crippen LogP contribution is -2.41. The van der Waals surface area contributed by atoms with Crippen LogP contribution < -0.4 is 11.3 Å². The van der Waals surface area contributed by atoms with Gasteiger partial charge in [0.05, 0.1) is 22.1 Å². The lowest BCUT2D eigenvalue weighted by Gasteiger charge is -2.33. The summed E-state index contributed by atoms with van der Waals surface area (Å²) in [6, 6.07) is 7.68. The van der Waals surface area contributed by atoms with Crippen molar-refractivity contribution >= 4 is 21.8 Å². The van der Waals surface area contributed by atoms with E-state index in [0.717, 1.165) is 23.7 Å². The third-order valence-electron chi connectivity index (χ3n) is 5.72. The Hall–Kier alpha value is -3.19. The first-order valence-electron chi connectivity index (χ1n) is 9.36. The molecule has 0 spiro atoms. The Morgan fingerprint density at radius 2 is 2.04 bits per heavy atom. The molecule has 0 radical (unpaired) electrons. The molecule has 142 valence electrons. The fourth-order valence-electron chi connectivity index (χ4n) is 4.07. The molecule has 0 saturated heterocycles. The number of aromatic nitrogens is 4. The fraction of sp³-hybridized carbons (Fsp3) is 0.286. The number of hydrogen-bond acceptors (Lipinski definition) is 5. The number of phenols is 1. The van der Waals surface area contributed by atoms with Gasteiger partial charge >= 0.3 is 0 Å². The molecule has 1 aliphatic rings. The lowest BCUT2D eigenvalue weighted by atomic mass is 9.87. The summed E-state index contributed by atoms with van der Waals surface area (Å²) in [7, 11) is 1.85. The second kappa shape index (κ2) is 5.90. The molecule has 4 aromatic rings. The number of nitrogens with two attached hydrogens (primary N) is 1. The number of aromatic hydroxyl groups is 1. The highest BCUT2D eigenvalue weighted by molar-refractivity contribution is 5.91. The van der Waals surface area contributed by atoms with Gasteiger partial charge in [0.25, 0.3) is 5.56 Å². The summed E-state index contributed by atoms with van der Waals surface area (Å²) in [6.45, 7) is 1.84. The molecule has 7 heteroatoms. The molecule has 0 amide bonds. The first-order valence-corrected chi connectivity index (χ1v) is 9.36. The average Bonchev–Trinajstić information content (AvgIpc) is 3.03. The molecule has 0 unspecified atom stereocenters. The topological polar surface area (TPSA) is 99.0 Å². The van der Waals surface area contributed by atoms with E-state index in [2.05, 4.69) is 10.1 Å². The van der Waals surface area contributed by atoms with Crippen LogP contribution in [0.5, 0.6) is 5.75 Å². The van der Waals surface area contributed by atoms with E-state index in [-0.39, 0.29) is 23.4 Å². The van der Waals surface area contributed by atoms with Gasteiger partial charge in [-0.15, -0.1) is 0 Å². The minimum absolute atomic E-state index is 0.0448. The van der Waals surface area contributed by atoms with Crippen LogP contribution in [-0.2, 0) is 7.05 Å². The largest absolute Gasteiger partial charge is 0.507 e. The second-order valence-electron chi connectivity index (χ2n) is 7.68. The molecule has 1 saturated carbocycles. The molecular formula is C21H21N5O2. The van der Waals surface area contributed by atoms with Gasteiger partial charge in [0.15, 0.2) is 0 Å². The van der Waals surface area contributed by atoms with Gasteiger partial charge in [0.1, 0.15) is 5.75 Å². The van der Waals surface area contributed by atoms with Crippen molar-refractivity contribution in [3.63, 3.8) is 0 Å². The van der Waals surface area contributed by atoms with Crippen molar-refractivity contribution in [2.75, 3.05) is 0 Å². The van der Waals surface area contributed by atoms with Crippen molar-refractivity contribution in [2.24, 2.45) is 12.8 Å². The quantitative estimate of drug-likeness (QED) is 0.561. The molecule has 0 atom stereocenters. The van der Waals surface area contributed by atoms with Gasteiger partial charge in [-0.05, 0) is 44.0 Å². The molecule has 3 aromatic heterocycles. The zero-order valence-corrected chi connectivity index (χ0v) is 15.8. The molecule has 1 aliphatic carbocycles. The smallest absolute Gasteiger partial charge is 0.260 e. The van der Waals surface area contributed by atoms with Crippen LogP contribution in [0.3, 0.4) is 0 Å². The maximum absolute atomic E-state index is 12.8. The van der Waals surface area contributed by atoms with Crippen LogP contribution in [0.2, 0.25) is 0 Å². The number of pyridine rings is 2. The van der Waals surface area contributed by atoms with Gasteiger partial charge in [-0.1, -0.05) is 0 Å². The Bertz CT molecular complexity index is 1300. The molecule has 0 aliphatic heterocycles. The van der Waals surface area contributed by atoms with E-state index in [4.69, 9.17) is 5.73 Å². The minimum atomic E-state index is -0.0448. The van der Waals surface area contributed by atoms with Crippen LogP contribution in [0.15, 0.2) is 41.5 Å². The van der Waals surface area contributed by atoms with E-state index < -0.39 is 0 Å². The number of nitrogens with zero attached hydrogens (tertiary/aromatic N) is 4. The maximum atomic E-state index is 12.8. The highest BCUT2D eigenvalue weighted by Gasteiger charge is 2.28. The van der Waals surface area contributed by atoms with Crippen LogP contribution >= 0.6 is 0 Å². The van der Waals surface area contributed by atoms with Gasteiger partial charge in [0, 0.05) is 48.0 Å².